The number of rotatable bonds is 2. The van der Waals surface area contributed by atoms with Crippen LogP contribution in [-0.2, 0) is 12.0 Å². The third-order valence-corrected chi connectivity index (χ3v) is 2.15. The summed E-state index contributed by atoms with van der Waals surface area (Å²) in [6.07, 6.45) is 0. The van der Waals surface area contributed by atoms with E-state index in [1.54, 1.807) is 0 Å². The largest absolute Gasteiger partial charge is 0.373 e. The standard InChI is InChI=1S/C11H19N3/c1-11(2,3)9-5-8(7-12)6-10(13-4)14-9/h5-6H,7,12H2,1-4H3,(H,13,14). The van der Waals surface area contributed by atoms with E-state index in [2.05, 4.69) is 37.1 Å². The first-order valence-corrected chi connectivity index (χ1v) is 4.86. The monoisotopic (exact) mass is 193 g/mol. The third kappa shape index (κ3) is 2.45. The van der Waals surface area contributed by atoms with Crippen LogP contribution in [-0.4, -0.2) is 12.0 Å². The topological polar surface area (TPSA) is 50.9 Å². The van der Waals surface area contributed by atoms with Gasteiger partial charge in [0.25, 0.3) is 0 Å². The molecule has 3 N–H and O–H groups in total. The van der Waals surface area contributed by atoms with Crippen LogP contribution >= 0.6 is 0 Å². The maximum absolute atomic E-state index is 5.63. The molecule has 0 spiro atoms. The van der Waals surface area contributed by atoms with Gasteiger partial charge in [0.2, 0.25) is 0 Å². The summed E-state index contributed by atoms with van der Waals surface area (Å²) in [6.45, 7) is 7.00. The first-order chi connectivity index (χ1) is 6.47. The molecule has 0 aliphatic carbocycles. The summed E-state index contributed by atoms with van der Waals surface area (Å²) in [4.78, 5) is 4.50. The van der Waals surface area contributed by atoms with Crippen LogP contribution in [0.4, 0.5) is 5.82 Å². The SMILES string of the molecule is CNc1cc(CN)cc(C(C)(C)C)n1. The molecule has 1 aromatic heterocycles. The van der Waals surface area contributed by atoms with Crippen LogP contribution in [0.1, 0.15) is 32.0 Å². The number of pyridine rings is 1. The minimum absolute atomic E-state index is 0.0662. The van der Waals surface area contributed by atoms with Crippen LogP contribution in [0.25, 0.3) is 0 Å². The Labute approximate surface area is 85.7 Å². The Morgan fingerprint density at radius 3 is 2.43 bits per heavy atom. The Morgan fingerprint density at radius 2 is 2.00 bits per heavy atom. The molecule has 14 heavy (non-hydrogen) atoms. The van der Waals surface area contributed by atoms with Crippen molar-refractivity contribution in [2.24, 2.45) is 5.73 Å². The molecule has 0 atom stereocenters. The average Bonchev–Trinajstić information content (AvgIpc) is 2.15. The lowest BCUT2D eigenvalue weighted by Gasteiger charge is -2.19. The van der Waals surface area contributed by atoms with Crippen molar-refractivity contribution in [2.45, 2.75) is 32.7 Å². The second-order valence-corrected chi connectivity index (χ2v) is 4.45. The van der Waals surface area contributed by atoms with E-state index in [9.17, 15) is 0 Å². The van der Waals surface area contributed by atoms with E-state index in [1.807, 2.05) is 13.1 Å². The molecular formula is C11H19N3. The number of nitrogens with one attached hydrogen (secondary N) is 1. The fourth-order valence-corrected chi connectivity index (χ4v) is 1.22. The maximum atomic E-state index is 5.63. The van der Waals surface area contributed by atoms with E-state index in [-0.39, 0.29) is 5.41 Å². The first-order valence-electron chi connectivity index (χ1n) is 4.86. The van der Waals surface area contributed by atoms with E-state index in [4.69, 9.17) is 5.73 Å². The molecule has 0 saturated carbocycles. The Morgan fingerprint density at radius 1 is 1.36 bits per heavy atom. The molecule has 78 valence electrons. The molecule has 0 amide bonds. The highest BCUT2D eigenvalue weighted by Gasteiger charge is 2.16. The molecule has 0 fully saturated rings. The van der Waals surface area contributed by atoms with Crippen molar-refractivity contribution in [3.63, 3.8) is 0 Å². The van der Waals surface area contributed by atoms with Crippen molar-refractivity contribution in [1.29, 1.82) is 0 Å². The zero-order valence-electron chi connectivity index (χ0n) is 9.39. The van der Waals surface area contributed by atoms with Crippen LogP contribution in [0.3, 0.4) is 0 Å². The van der Waals surface area contributed by atoms with Gasteiger partial charge in [0.05, 0.1) is 0 Å². The third-order valence-electron chi connectivity index (χ3n) is 2.15. The fourth-order valence-electron chi connectivity index (χ4n) is 1.22. The summed E-state index contributed by atoms with van der Waals surface area (Å²) in [7, 11) is 1.87. The minimum Gasteiger partial charge on any atom is -0.373 e. The van der Waals surface area contributed by atoms with Crippen LogP contribution in [0.2, 0.25) is 0 Å². The molecule has 1 rings (SSSR count). The van der Waals surface area contributed by atoms with Gasteiger partial charge in [0, 0.05) is 24.7 Å². The summed E-state index contributed by atoms with van der Waals surface area (Å²) < 4.78 is 0. The maximum Gasteiger partial charge on any atom is 0.126 e. The number of nitrogens with two attached hydrogens (primary N) is 1. The highest BCUT2D eigenvalue weighted by atomic mass is 15.0. The van der Waals surface area contributed by atoms with Gasteiger partial charge in [0.15, 0.2) is 0 Å². The minimum atomic E-state index is 0.0662. The highest BCUT2D eigenvalue weighted by molar-refractivity contribution is 5.40. The summed E-state index contributed by atoms with van der Waals surface area (Å²) in [5.74, 6) is 0.887. The number of nitrogens with zero attached hydrogens (tertiary/aromatic N) is 1. The van der Waals surface area contributed by atoms with Gasteiger partial charge in [-0.15, -0.1) is 0 Å². The number of anilines is 1. The first kappa shape index (κ1) is 11.0. The number of hydrogen-bond donors (Lipinski definition) is 2. The van der Waals surface area contributed by atoms with Crippen molar-refractivity contribution >= 4 is 5.82 Å². The van der Waals surface area contributed by atoms with Gasteiger partial charge in [-0.1, -0.05) is 20.8 Å². The fraction of sp³-hybridized carbons (Fsp3) is 0.545. The predicted molar refractivity (Wildman–Crippen MR) is 60.4 cm³/mol. The van der Waals surface area contributed by atoms with Crippen molar-refractivity contribution in [3.8, 4) is 0 Å². The Hall–Kier alpha value is -1.09. The van der Waals surface area contributed by atoms with Crippen LogP contribution in [0.15, 0.2) is 12.1 Å². The van der Waals surface area contributed by atoms with Crippen LogP contribution in [0, 0.1) is 0 Å². The number of hydrogen-bond acceptors (Lipinski definition) is 3. The quantitative estimate of drug-likeness (QED) is 0.754. The molecule has 0 aliphatic rings. The Kier molecular flexibility index (Phi) is 3.11. The molecule has 0 aliphatic heterocycles. The summed E-state index contributed by atoms with van der Waals surface area (Å²) >= 11 is 0. The van der Waals surface area contributed by atoms with Crippen molar-refractivity contribution in [1.82, 2.24) is 4.98 Å². The second-order valence-electron chi connectivity index (χ2n) is 4.45. The molecule has 3 nitrogen and oxygen atoms in total. The highest BCUT2D eigenvalue weighted by Crippen LogP contribution is 2.22. The molecule has 0 radical (unpaired) electrons. The molecule has 1 aromatic rings. The summed E-state index contributed by atoms with van der Waals surface area (Å²) in [6, 6.07) is 4.05. The van der Waals surface area contributed by atoms with Gasteiger partial charge in [-0.05, 0) is 17.7 Å². The normalized spacial score (nSPS) is 11.5. The van der Waals surface area contributed by atoms with Gasteiger partial charge >= 0.3 is 0 Å². The van der Waals surface area contributed by atoms with E-state index in [0.29, 0.717) is 6.54 Å². The number of aromatic nitrogens is 1. The van der Waals surface area contributed by atoms with Crippen molar-refractivity contribution < 1.29 is 0 Å². The van der Waals surface area contributed by atoms with E-state index < -0.39 is 0 Å². The molecule has 0 bridgehead atoms. The average molecular weight is 193 g/mol. The Bertz CT molecular complexity index is 291. The zero-order valence-corrected chi connectivity index (χ0v) is 9.39. The van der Waals surface area contributed by atoms with E-state index in [0.717, 1.165) is 17.1 Å². The van der Waals surface area contributed by atoms with Crippen LogP contribution in [0.5, 0.6) is 0 Å². The zero-order chi connectivity index (χ0) is 10.8. The van der Waals surface area contributed by atoms with Gasteiger partial charge in [-0.3, -0.25) is 0 Å². The summed E-state index contributed by atoms with van der Waals surface area (Å²) in [5.41, 5.74) is 7.89. The van der Waals surface area contributed by atoms with Gasteiger partial charge in [0.1, 0.15) is 5.82 Å². The van der Waals surface area contributed by atoms with Gasteiger partial charge in [-0.25, -0.2) is 4.98 Å². The van der Waals surface area contributed by atoms with Crippen molar-refractivity contribution in [2.75, 3.05) is 12.4 Å². The molecule has 1 heterocycles. The van der Waals surface area contributed by atoms with Crippen molar-refractivity contribution in [3.05, 3.63) is 23.4 Å². The lowest BCUT2D eigenvalue weighted by atomic mass is 9.91. The van der Waals surface area contributed by atoms with E-state index in [1.165, 1.54) is 0 Å². The smallest absolute Gasteiger partial charge is 0.126 e. The Balaban J connectivity index is 3.17. The van der Waals surface area contributed by atoms with Gasteiger partial charge < -0.3 is 11.1 Å². The molecule has 0 unspecified atom stereocenters. The predicted octanol–water partition coefficient (Wildman–Crippen LogP) is 1.88. The second kappa shape index (κ2) is 3.96. The van der Waals surface area contributed by atoms with Crippen LogP contribution < -0.4 is 11.1 Å². The van der Waals surface area contributed by atoms with Gasteiger partial charge in [-0.2, -0.15) is 0 Å². The molecular weight excluding hydrogens is 174 g/mol. The lowest BCUT2D eigenvalue weighted by Crippen LogP contribution is -2.15. The molecule has 0 aromatic carbocycles. The summed E-state index contributed by atoms with van der Waals surface area (Å²) in [5, 5.41) is 3.05. The van der Waals surface area contributed by atoms with E-state index >= 15 is 0 Å². The molecule has 0 saturated heterocycles. The lowest BCUT2D eigenvalue weighted by molar-refractivity contribution is 0.568. The molecule has 3 heteroatoms.